The molecule has 1 saturated heterocycles. The molecule has 0 N–H and O–H groups in total. The summed E-state index contributed by atoms with van der Waals surface area (Å²) >= 11 is 5.88. The fourth-order valence-corrected chi connectivity index (χ4v) is 2.69. The summed E-state index contributed by atoms with van der Waals surface area (Å²) in [6.45, 7) is 8.37. The molecule has 1 unspecified atom stereocenters. The average Bonchev–Trinajstić information content (AvgIpc) is 2.46. The van der Waals surface area contributed by atoms with Crippen LogP contribution in [0.25, 0.3) is 0 Å². The molecule has 0 aromatic carbocycles. The van der Waals surface area contributed by atoms with E-state index in [0.29, 0.717) is 11.9 Å². The Labute approximate surface area is 119 Å². The lowest BCUT2D eigenvalue weighted by Gasteiger charge is -2.38. The molecule has 1 aliphatic heterocycles. The van der Waals surface area contributed by atoms with Gasteiger partial charge in [-0.05, 0) is 19.4 Å². The maximum absolute atomic E-state index is 13.2. The molecule has 0 spiro atoms. The topological polar surface area (TPSA) is 19.4 Å². The fourth-order valence-electron chi connectivity index (χ4n) is 2.49. The Hall–Kier alpha value is -0.870. The summed E-state index contributed by atoms with van der Waals surface area (Å²) in [7, 11) is 0. The number of piperazine rings is 1. The highest BCUT2D eigenvalue weighted by Crippen LogP contribution is 2.22. The van der Waals surface area contributed by atoms with Crippen molar-refractivity contribution in [2.75, 3.05) is 31.1 Å². The van der Waals surface area contributed by atoms with Crippen molar-refractivity contribution in [3.63, 3.8) is 0 Å². The lowest BCUT2D eigenvalue weighted by Crippen LogP contribution is -2.49. The van der Waals surface area contributed by atoms with Crippen molar-refractivity contribution in [2.24, 2.45) is 0 Å². The number of aromatic nitrogens is 1. The van der Waals surface area contributed by atoms with Crippen LogP contribution in [0, 0.1) is 5.82 Å². The van der Waals surface area contributed by atoms with Crippen LogP contribution >= 0.6 is 11.6 Å². The normalized spacial score (nSPS) is 18.6. The van der Waals surface area contributed by atoms with Gasteiger partial charge in [0, 0.05) is 37.8 Å². The summed E-state index contributed by atoms with van der Waals surface area (Å²) in [6.07, 6.45) is 2.44. The van der Waals surface area contributed by atoms with Crippen molar-refractivity contribution in [1.29, 1.82) is 0 Å². The quantitative estimate of drug-likeness (QED) is 0.793. The Morgan fingerprint density at radius 2 is 2.05 bits per heavy atom. The molecule has 19 heavy (non-hydrogen) atoms. The Bertz CT molecular complexity index is 419. The molecular formula is C14H21ClFN3. The third kappa shape index (κ3) is 3.37. The largest absolute Gasteiger partial charge is 0.354 e. The van der Waals surface area contributed by atoms with Crippen LogP contribution in [0.4, 0.5) is 10.2 Å². The highest BCUT2D eigenvalue weighted by Gasteiger charge is 2.22. The van der Waals surface area contributed by atoms with Gasteiger partial charge in [-0.3, -0.25) is 4.90 Å². The standard InChI is InChI=1S/C14H21ClFN3/c1-3-11(2)18-4-6-19(7-5-18)14-12(9-15)8-13(16)10-17-14/h8,10-11H,3-7,9H2,1-2H3. The Morgan fingerprint density at radius 3 is 2.63 bits per heavy atom. The highest BCUT2D eigenvalue weighted by molar-refractivity contribution is 6.17. The highest BCUT2D eigenvalue weighted by atomic mass is 35.5. The molecule has 1 atom stereocenters. The molecule has 0 bridgehead atoms. The van der Waals surface area contributed by atoms with E-state index < -0.39 is 0 Å². The molecular weight excluding hydrogens is 265 g/mol. The van der Waals surface area contributed by atoms with E-state index in [4.69, 9.17) is 11.6 Å². The lowest BCUT2D eigenvalue weighted by molar-refractivity contribution is 0.192. The minimum Gasteiger partial charge on any atom is -0.354 e. The van der Waals surface area contributed by atoms with Crippen LogP contribution in [0.3, 0.4) is 0 Å². The van der Waals surface area contributed by atoms with E-state index in [9.17, 15) is 4.39 Å². The molecule has 0 amide bonds. The number of pyridine rings is 1. The van der Waals surface area contributed by atoms with Crippen molar-refractivity contribution in [3.8, 4) is 0 Å². The average molecular weight is 286 g/mol. The zero-order chi connectivity index (χ0) is 13.8. The minimum absolute atomic E-state index is 0.297. The molecule has 0 aliphatic carbocycles. The van der Waals surface area contributed by atoms with E-state index >= 15 is 0 Å². The first-order valence-electron chi connectivity index (χ1n) is 6.85. The second-order valence-electron chi connectivity index (χ2n) is 5.05. The third-order valence-corrected chi connectivity index (χ3v) is 4.17. The van der Waals surface area contributed by atoms with Crippen molar-refractivity contribution in [2.45, 2.75) is 32.2 Å². The van der Waals surface area contributed by atoms with E-state index in [1.807, 2.05) is 0 Å². The maximum atomic E-state index is 13.2. The van der Waals surface area contributed by atoms with Crippen LogP contribution in [0.5, 0.6) is 0 Å². The summed E-state index contributed by atoms with van der Waals surface area (Å²) in [5, 5.41) is 0. The van der Waals surface area contributed by atoms with E-state index in [1.165, 1.54) is 18.7 Å². The van der Waals surface area contributed by atoms with Crippen LogP contribution < -0.4 is 4.90 Å². The SMILES string of the molecule is CCC(C)N1CCN(c2ncc(F)cc2CCl)CC1. The van der Waals surface area contributed by atoms with E-state index in [2.05, 4.69) is 28.6 Å². The van der Waals surface area contributed by atoms with Crippen LogP contribution in [0.2, 0.25) is 0 Å². The number of halogens is 2. The maximum Gasteiger partial charge on any atom is 0.141 e. The molecule has 106 valence electrons. The number of hydrogen-bond acceptors (Lipinski definition) is 3. The Kier molecular flexibility index (Phi) is 4.99. The van der Waals surface area contributed by atoms with Gasteiger partial charge >= 0.3 is 0 Å². The van der Waals surface area contributed by atoms with Crippen molar-refractivity contribution >= 4 is 17.4 Å². The molecule has 0 radical (unpaired) electrons. The number of nitrogens with zero attached hydrogens (tertiary/aromatic N) is 3. The van der Waals surface area contributed by atoms with Crippen LogP contribution in [-0.2, 0) is 5.88 Å². The van der Waals surface area contributed by atoms with Gasteiger partial charge < -0.3 is 4.90 Å². The van der Waals surface area contributed by atoms with Crippen molar-refractivity contribution in [1.82, 2.24) is 9.88 Å². The monoisotopic (exact) mass is 285 g/mol. The summed E-state index contributed by atoms with van der Waals surface area (Å²) in [6, 6.07) is 2.10. The fraction of sp³-hybridized carbons (Fsp3) is 0.643. The van der Waals surface area contributed by atoms with Gasteiger partial charge in [-0.15, -0.1) is 11.6 Å². The summed E-state index contributed by atoms with van der Waals surface area (Å²) < 4.78 is 13.2. The molecule has 1 aromatic heterocycles. The van der Waals surface area contributed by atoms with E-state index in [-0.39, 0.29) is 5.82 Å². The number of anilines is 1. The number of alkyl halides is 1. The molecule has 3 nitrogen and oxygen atoms in total. The zero-order valence-electron chi connectivity index (χ0n) is 11.6. The first kappa shape index (κ1) is 14.5. The van der Waals surface area contributed by atoms with Gasteiger partial charge in [0.2, 0.25) is 0 Å². The first-order valence-corrected chi connectivity index (χ1v) is 7.38. The summed E-state index contributed by atoms with van der Waals surface area (Å²) in [5.74, 6) is 0.809. The van der Waals surface area contributed by atoms with Gasteiger partial charge in [-0.2, -0.15) is 0 Å². The predicted molar refractivity (Wildman–Crippen MR) is 77.3 cm³/mol. The van der Waals surface area contributed by atoms with Gasteiger partial charge in [0.25, 0.3) is 0 Å². The lowest BCUT2D eigenvalue weighted by atomic mass is 10.1. The molecule has 0 saturated carbocycles. The van der Waals surface area contributed by atoms with Gasteiger partial charge in [0.05, 0.1) is 12.1 Å². The summed E-state index contributed by atoms with van der Waals surface area (Å²) in [4.78, 5) is 8.90. The molecule has 5 heteroatoms. The number of hydrogen-bond donors (Lipinski definition) is 0. The molecule has 1 fully saturated rings. The third-order valence-electron chi connectivity index (χ3n) is 3.88. The predicted octanol–water partition coefficient (Wildman–Crippen LogP) is 2.88. The van der Waals surface area contributed by atoms with Crippen molar-refractivity contribution < 1.29 is 4.39 Å². The minimum atomic E-state index is -0.322. The van der Waals surface area contributed by atoms with Crippen molar-refractivity contribution in [3.05, 3.63) is 23.6 Å². The zero-order valence-corrected chi connectivity index (χ0v) is 12.3. The van der Waals surface area contributed by atoms with Gasteiger partial charge in [-0.25, -0.2) is 9.37 Å². The van der Waals surface area contributed by atoms with Gasteiger partial charge in [0.15, 0.2) is 0 Å². The van der Waals surface area contributed by atoms with E-state index in [0.717, 1.165) is 37.6 Å². The Balaban J connectivity index is 2.05. The molecule has 1 aliphatic rings. The van der Waals surface area contributed by atoms with Gasteiger partial charge in [0.1, 0.15) is 11.6 Å². The Morgan fingerprint density at radius 1 is 1.37 bits per heavy atom. The molecule has 2 heterocycles. The molecule has 1 aromatic rings. The van der Waals surface area contributed by atoms with Crippen LogP contribution in [-0.4, -0.2) is 42.1 Å². The second-order valence-corrected chi connectivity index (χ2v) is 5.32. The molecule has 2 rings (SSSR count). The van der Waals surface area contributed by atoms with Crippen LogP contribution in [0.15, 0.2) is 12.3 Å². The second kappa shape index (κ2) is 6.53. The number of rotatable bonds is 4. The first-order chi connectivity index (χ1) is 9.15. The van der Waals surface area contributed by atoms with Gasteiger partial charge in [-0.1, -0.05) is 6.92 Å². The smallest absolute Gasteiger partial charge is 0.141 e. The van der Waals surface area contributed by atoms with Crippen LogP contribution in [0.1, 0.15) is 25.8 Å². The van der Waals surface area contributed by atoms with E-state index in [1.54, 1.807) is 0 Å². The summed E-state index contributed by atoms with van der Waals surface area (Å²) in [5.41, 5.74) is 0.777.